The minimum absolute atomic E-state index is 0.218. The van der Waals surface area contributed by atoms with E-state index >= 15 is 0 Å². The maximum atomic E-state index is 5.83. The van der Waals surface area contributed by atoms with Gasteiger partial charge in [-0.3, -0.25) is 4.98 Å². The van der Waals surface area contributed by atoms with Crippen molar-refractivity contribution in [3.8, 4) is 0 Å². The summed E-state index contributed by atoms with van der Waals surface area (Å²) in [5.74, 6) is 0.757. The number of nitrogens with two attached hydrogens (primary N) is 1. The van der Waals surface area contributed by atoms with E-state index in [-0.39, 0.29) is 5.41 Å². The molecule has 0 aliphatic heterocycles. The molecule has 2 heteroatoms. The summed E-state index contributed by atoms with van der Waals surface area (Å²) in [6.45, 7) is 2.97. The van der Waals surface area contributed by atoms with E-state index in [2.05, 4.69) is 18.0 Å². The predicted molar refractivity (Wildman–Crippen MR) is 53.4 cm³/mol. The second kappa shape index (κ2) is 3.11. The predicted octanol–water partition coefficient (Wildman–Crippen LogP) is 1.71. The molecule has 2 nitrogen and oxygen atoms in total. The standard InChI is InChI=1S/C11H16N2/c1-2-9-7-11(9,8-12)10-5-3-4-6-13-10/h3-6,9H,2,7-8,12H2,1H3. The highest BCUT2D eigenvalue weighted by atomic mass is 14.8. The van der Waals surface area contributed by atoms with Gasteiger partial charge in [0, 0.05) is 23.9 Å². The van der Waals surface area contributed by atoms with Gasteiger partial charge in [0.15, 0.2) is 0 Å². The highest BCUT2D eigenvalue weighted by molar-refractivity contribution is 5.28. The molecule has 0 amide bonds. The summed E-state index contributed by atoms with van der Waals surface area (Å²) in [5.41, 5.74) is 7.23. The number of hydrogen-bond acceptors (Lipinski definition) is 2. The van der Waals surface area contributed by atoms with Gasteiger partial charge in [0.2, 0.25) is 0 Å². The van der Waals surface area contributed by atoms with Gasteiger partial charge >= 0.3 is 0 Å². The third-order valence-electron chi connectivity index (χ3n) is 3.26. The van der Waals surface area contributed by atoms with E-state index in [9.17, 15) is 0 Å². The smallest absolute Gasteiger partial charge is 0.0480 e. The Balaban J connectivity index is 2.25. The molecule has 1 aromatic rings. The zero-order valence-corrected chi connectivity index (χ0v) is 8.03. The number of rotatable bonds is 3. The normalized spacial score (nSPS) is 31.7. The molecule has 0 aromatic carbocycles. The number of hydrogen-bond donors (Lipinski definition) is 1. The quantitative estimate of drug-likeness (QED) is 0.761. The monoisotopic (exact) mass is 176 g/mol. The first-order chi connectivity index (χ1) is 6.33. The number of aromatic nitrogens is 1. The van der Waals surface area contributed by atoms with Crippen LogP contribution in [0.1, 0.15) is 25.5 Å². The molecule has 1 fully saturated rings. The van der Waals surface area contributed by atoms with E-state index in [1.807, 2.05) is 18.3 Å². The third-order valence-corrected chi connectivity index (χ3v) is 3.26. The highest BCUT2D eigenvalue weighted by Crippen LogP contribution is 2.54. The zero-order chi connectivity index (χ0) is 9.31. The van der Waals surface area contributed by atoms with Crippen molar-refractivity contribution in [2.24, 2.45) is 11.7 Å². The summed E-state index contributed by atoms with van der Waals surface area (Å²) >= 11 is 0. The molecule has 1 aromatic heterocycles. The maximum absolute atomic E-state index is 5.83. The molecule has 1 heterocycles. The summed E-state index contributed by atoms with van der Waals surface area (Å²) in [5, 5.41) is 0. The van der Waals surface area contributed by atoms with Crippen LogP contribution in [0, 0.1) is 5.92 Å². The first kappa shape index (κ1) is 8.70. The Kier molecular flexibility index (Phi) is 2.08. The third kappa shape index (κ3) is 1.25. The van der Waals surface area contributed by atoms with Crippen LogP contribution in [0.2, 0.25) is 0 Å². The molecular formula is C11H16N2. The number of pyridine rings is 1. The Morgan fingerprint density at radius 1 is 1.62 bits per heavy atom. The minimum Gasteiger partial charge on any atom is -0.330 e. The zero-order valence-electron chi connectivity index (χ0n) is 8.03. The van der Waals surface area contributed by atoms with Crippen LogP contribution < -0.4 is 5.73 Å². The van der Waals surface area contributed by atoms with Crippen molar-refractivity contribution in [3.63, 3.8) is 0 Å². The summed E-state index contributed by atoms with van der Waals surface area (Å²) < 4.78 is 0. The fourth-order valence-corrected chi connectivity index (χ4v) is 2.24. The molecular weight excluding hydrogens is 160 g/mol. The molecule has 13 heavy (non-hydrogen) atoms. The van der Waals surface area contributed by atoms with Gasteiger partial charge in [0.25, 0.3) is 0 Å². The Bertz CT molecular complexity index is 283. The Morgan fingerprint density at radius 3 is 2.92 bits per heavy atom. The molecule has 2 rings (SSSR count). The molecule has 1 aliphatic carbocycles. The topological polar surface area (TPSA) is 38.9 Å². The molecule has 0 radical (unpaired) electrons. The number of nitrogens with zero attached hydrogens (tertiary/aromatic N) is 1. The molecule has 0 spiro atoms. The van der Waals surface area contributed by atoms with Gasteiger partial charge in [0.05, 0.1) is 0 Å². The van der Waals surface area contributed by atoms with Crippen LogP contribution in [-0.4, -0.2) is 11.5 Å². The van der Waals surface area contributed by atoms with Crippen molar-refractivity contribution < 1.29 is 0 Å². The maximum Gasteiger partial charge on any atom is 0.0480 e. The van der Waals surface area contributed by atoms with E-state index in [0.29, 0.717) is 0 Å². The lowest BCUT2D eigenvalue weighted by Gasteiger charge is -2.13. The van der Waals surface area contributed by atoms with Gasteiger partial charge in [-0.25, -0.2) is 0 Å². The van der Waals surface area contributed by atoms with Crippen LogP contribution in [0.4, 0.5) is 0 Å². The van der Waals surface area contributed by atoms with Crippen molar-refractivity contribution >= 4 is 0 Å². The molecule has 2 unspecified atom stereocenters. The van der Waals surface area contributed by atoms with Crippen molar-refractivity contribution in [3.05, 3.63) is 30.1 Å². The average molecular weight is 176 g/mol. The fourth-order valence-electron chi connectivity index (χ4n) is 2.24. The van der Waals surface area contributed by atoms with E-state index in [4.69, 9.17) is 5.73 Å². The fraction of sp³-hybridized carbons (Fsp3) is 0.545. The van der Waals surface area contributed by atoms with Crippen molar-refractivity contribution in [2.75, 3.05) is 6.54 Å². The van der Waals surface area contributed by atoms with Gasteiger partial charge < -0.3 is 5.73 Å². The van der Waals surface area contributed by atoms with E-state index in [1.54, 1.807) is 0 Å². The Morgan fingerprint density at radius 2 is 2.46 bits per heavy atom. The van der Waals surface area contributed by atoms with Crippen LogP contribution in [0.5, 0.6) is 0 Å². The summed E-state index contributed by atoms with van der Waals surface area (Å²) in [6.07, 6.45) is 4.29. The van der Waals surface area contributed by atoms with Gasteiger partial charge in [-0.15, -0.1) is 0 Å². The van der Waals surface area contributed by atoms with Crippen molar-refractivity contribution in [1.29, 1.82) is 0 Å². The average Bonchev–Trinajstić information content (AvgIpc) is 2.94. The summed E-state index contributed by atoms with van der Waals surface area (Å²) in [6, 6.07) is 6.10. The Hall–Kier alpha value is -0.890. The summed E-state index contributed by atoms with van der Waals surface area (Å²) in [4.78, 5) is 4.40. The van der Waals surface area contributed by atoms with E-state index in [0.717, 1.165) is 12.5 Å². The van der Waals surface area contributed by atoms with Crippen LogP contribution in [0.25, 0.3) is 0 Å². The largest absolute Gasteiger partial charge is 0.330 e. The lowest BCUT2D eigenvalue weighted by Crippen LogP contribution is -2.23. The molecule has 0 saturated heterocycles. The first-order valence-corrected chi connectivity index (χ1v) is 4.95. The van der Waals surface area contributed by atoms with Crippen LogP contribution in [0.15, 0.2) is 24.4 Å². The lowest BCUT2D eigenvalue weighted by molar-refractivity contribution is 0.584. The van der Waals surface area contributed by atoms with E-state index in [1.165, 1.54) is 18.5 Å². The van der Waals surface area contributed by atoms with Crippen LogP contribution in [0.3, 0.4) is 0 Å². The van der Waals surface area contributed by atoms with Gasteiger partial charge in [-0.05, 0) is 24.5 Å². The SMILES string of the molecule is CCC1CC1(CN)c1ccccn1. The highest BCUT2D eigenvalue weighted by Gasteiger charge is 2.53. The molecule has 70 valence electrons. The first-order valence-electron chi connectivity index (χ1n) is 4.95. The summed E-state index contributed by atoms with van der Waals surface area (Å²) in [7, 11) is 0. The van der Waals surface area contributed by atoms with Crippen molar-refractivity contribution in [1.82, 2.24) is 4.98 Å². The Labute approximate surface area is 79.2 Å². The van der Waals surface area contributed by atoms with Crippen molar-refractivity contribution in [2.45, 2.75) is 25.2 Å². The molecule has 0 bridgehead atoms. The van der Waals surface area contributed by atoms with Gasteiger partial charge in [0.1, 0.15) is 0 Å². The minimum atomic E-state index is 0.218. The second-order valence-electron chi connectivity index (χ2n) is 3.88. The van der Waals surface area contributed by atoms with Gasteiger partial charge in [-0.2, -0.15) is 0 Å². The molecule has 1 saturated carbocycles. The molecule has 2 atom stereocenters. The van der Waals surface area contributed by atoms with Crippen LogP contribution in [-0.2, 0) is 5.41 Å². The lowest BCUT2D eigenvalue weighted by atomic mass is 9.97. The molecule has 1 aliphatic rings. The van der Waals surface area contributed by atoms with Crippen LogP contribution >= 0.6 is 0 Å². The van der Waals surface area contributed by atoms with Gasteiger partial charge in [-0.1, -0.05) is 19.4 Å². The second-order valence-corrected chi connectivity index (χ2v) is 3.88. The van der Waals surface area contributed by atoms with E-state index < -0.39 is 0 Å². The molecule has 2 N–H and O–H groups in total.